The molecule has 0 amide bonds. The van der Waals surface area contributed by atoms with Gasteiger partial charge in [0.05, 0.1) is 0 Å². The van der Waals surface area contributed by atoms with Gasteiger partial charge in [0.1, 0.15) is 12.2 Å². The third kappa shape index (κ3) is 2.16. The second-order valence-corrected chi connectivity index (χ2v) is 4.43. The molecule has 0 atom stereocenters. The number of carboxylic acid groups (broad SMARTS) is 2. The molecular formula is C11H8BrNO4. The number of aromatic carboxylic acids is 1. The van der Waals surface area contributed by atoms with Crippen LogP contribution in [0.2, 0.25) is 0 Å². The Balaban J connectivity index is 2.71. The number of halogens is 1. The molecular weight excluding hydrogens is 290 g/mol. The van der Waals surface area contributed by atoms with Crippen molar-refractivity contribution in [2.45, 2.75) is 6.54 Å². The van der Waals surface area contributed by atoms with E-state index in [4.69, 9.17) is 10.2 Å². The van der Waals surface area contributed by atoms with Gasteiger partial charge in [-0.2, -0.15) is 0 Å². The molecule has 0 spiro atoms. The van der Waals surface area contributed by atoms with Crippen LogP contribution in [-0.4, -0.2) is 26.7 Å². The Morgan fingerprint density at radius 2 is 1.94 bits per heavy atom. The van der Waals surface area contributed by atoms with E-state index in [1.54, 1.807) is 18.2 Å². The number of aromatic nitrogens is 1. The van der Waals surface area contributed by atoms with E-state index in [1.165, 1.54) is 10.6 Å². The quantitative estimate of drug-likeness (QED) is 0.910. The Bertz CT molecular complexity index is 617. The van der Waals surface area contributed by atoms with Crippen LogP contribution in [0.4, 0.5) is 0 Å². The minimum Gasteiger partial charge on any atom is -0.480 e. The van der Waals surface area contributed by atoms with Gasteiger partial charge in [0.2, 0.25) is 0 Å². The van der Waals surface area contributed by atoms with E-state index in [0.29, 0.717) is 10.9 Å². The predicted molar refractivity (Wildman–Crippen MR) is 64.2 cm³/mol. The van der Waals surface area contributed by atoms with Crippen molar-refractivity contribution >= 4 is 38.8 Å². The molecule has 1 heterocycles. The van der Waals surface area contributed by atoms with Gasteiger partial charge in [-0.15, -0.1) is 0 Å². The topological polar surface area (TPSA) is 79.5 Å². The van der Waals surface area contributed by atoms with Gasteiger partial charge >= 0.3 is 11.9 Å². The molecule has 1 aromatic heterocycles. The van der Waals surface area contributed by atoms with Crippen molar-refractivity contribution in [2.75, 3.05) is 0 Å². The predicted octanol–water partition coefficient (Wildman–Crippen LogP) is 2.19. The molecule has 0 aliphatic rings. The lowest BCUT2D eigenvalue weighted by molar-refractivity contribution is -0.137. The van der Waals surface area contributed by atoms with E-state index >= 15 is 0 Å². The molecule has 88 valence electrons. The number of benzene rings is 1. The minimum absolute atomic E-state index is 0.0273. The van der Waals surface area contributed by atoms with E-state index in [2.05, 4.69) is 15.9 Å². The summed E-state index contributed by atoms with van der Waals surface area (Å²) in [6.45, 7) is -0.368. The lowest BCUT2D eigenvalue weighted by atomic mass is 10.2. The number of aliphatic carboxylic acids is 1. The molecule has 1 aromatic carbocycles. The summed E-state index contributed by atoms with van der Waals surface area (Å²) < 4.78 is 2.08. The Morgan fingerprint density at radius 1 is 1.24 bits per heavy atom. The first kappa shape index (κ1) is 11.7. The van der Waals surface area contributed by atoms with Gasteiger partial charge in [-0.05, 0) is 24.3 Å². The third-order valence-corrected chi connectivity index (χ3v) is 2.87. The summed E-state index contributed by atoms with van der Waals surface area (Å²) in [7, 11) is 0. The number of carbonyl (C=O) groups is 2. The van der Waals surface area contributed by atoms with Crippen LogP contribution in [0.15, 0.2) is 28.7 Å². The molecule has 0 saturated carbocycles. The normalized spacial score (nSPS) is 10.6. The van der Waals surface area contributed by atoms with E-state index in [9.17, 15) is 9.59 Å². The van der Waals surface area contributed by atoms with Crippen LogP contribution < -0.4 is 0 Å². The lowest BCUT2D eigenvalue weighted by Crippen LogP contribution is -2.14. The van der Waals surface area contributed by atoms with Crippen LogP contribution in [-0.2, 0) is 11.3 Å². The minimum atomic E-state index is -1.14. The molecule has 5 nitrogen and oxygen atoms in total. The Labute approximate surface area is 104 Å². The summed E-state index contributed by atoms with van der Waals surface area (Å²) in [5, 5.41) is 18.5. The zero-order valence-corrected chi connectivity index (χ0v) is 10.1. The van der Waals surface area contributed by atoms with Crippen molar-refractivity contribution < 1.29 is 19.8 Å². The fourth-order valence-electron chi connectivity index (χ4n) is 1.72. The summed E-state index contributed by atoms with van der Waals surface area (Å²) >= 11 is 3.28. The van der Waals surface area contributed by atoms with E-state index in [1.807, 2.05) is 0 Å². The first-order valence-corrected chi connectivity index (χ1v) is 5.52. The second kappa shape index (κ2) is 4.21. The SMILES string of the molecule is O=C(O)Cn1c(C(=O)O)cc2cc(Br)ccc21. The first-order chi connectivity index (χ1) is 7.99. The van der Waals surface area contributed by atoms with Gasteiger partial charge in [0.25, 0.3) is 0 Å². The Morgan fingerprint density at radius 3 is 2.53 bits per heavy atom. The molecule has 0 fully saturated rings. The molecule has 17 heavy (non-hydrogen) atoms. The maximum absolute atomic E-state index is 11.0. The van der Waals surface area contributed by atoms with E-state index in [-0.39, 0.29) is 12.2 Å². The summed E-state index contributed by atoms with van der Waals surface area (Å²) in [6.07, 6.45) is 0. The third-order valence-electron chi connectivity index (χ3n) is 2.38. The molecule has 0 radical (unpaired) electrons. The molecule has 0 saturated heterocycles. The van der Waals surface area contributed by atoms with Crippen LogP contribution in [0, 0.1) is 0 Å². The van der Waals surface area contributed by atoms with Crippen LogP contribution in [0.5, 0.6) is 0 Å². The largest absolute Gasteiger partial charge is 0.480 e. The molecule has 0 aliphatic carbocycles. The van der Waals surface area contributed by atoms with Gasteiger partial charge in [-0.3, -0.25) is 4.79 Å². The summed E-state index contributed by atoms with van der Waals surface area (Å²) in [5.74, 6) is -2.22. The first-order valence-electron chi connectivity index (χ1n) is 4.73. The highest BCUT2D eigenvalue weighted by Gasteiger charge is 2.16. The molecule has 0 aliphatic heterocycles. The van der Waals surface area contributed by atoms with Crippen LogP contribution in [0.3, 0.4) is 0 Å². The van der Waals surface area contributed by atoms with Gasteiger partial charge in [0, 0.05) is 15.4 Å². The van der Waals surface area contributed by atoms with Gasteiger partial charge in [0.15, 0.2) is 0 Å². The van der Waals surface area contributed by atoms with Crippen molar-refractivity contribution in [3.8, 4) is 0 Å². The van der Waals surface area contributed by atoms with Crippen molar-refractivity contribution in [1.82, 2.24) is 4.57 Å². The van der Waals surface area contributed by atoms with Crippen LogP contribution >= 0.6 is 15.9 Å². The highest BCUT2D eigenvalue weighted by Crippen LogP contribution is 2.23. The smallest absolute Gasteiger partial charge is 0.352 e. The van der Waals surface area contributed by atoms with Gasteiger partial charge in [-0.25, -0.2) is 4.79 Å². The van der Waals surface area contributed by atoms with Crippen molar-refractivity contribution in [3.05, 3.63) is 34.4 Å². The van der Waals surface area contributed by atoms with E-state index in [0.717, 1.165) is 4.47 Å². The fraction of sp³-hybridized carbons (Fsp3) is 0.0909. The summed E-state index contributed by atoms with van der Waals surface area (Å²) in [6, 6.07) is 6.65. The fourth-order valence-corrected chi connectivity index (χ4v) is 2.10. The highest BCUT2D eigenvalue weighted by molar-refractivity contribution is 9.10. The summed E-state index contributed by atoms with van der Waals surface area (Å²) in [4.78, 5) is 21.8. The Kier molecular flexibility index (Phi) is 2.89. The van der Waals surface area contributed by atoms with E-state index < -0.39 is 11.9 Å². The maximum atomic E-state index is 11.0. The molecule has 2 N–H and O–H groups in total. The standard InChI is InChI=1S/C11H8BrNO4/c12-7-1-2-8-6(3-7)4-9(11(16)17)13(8)5-10(14)15/h1-4H,5H2,(H,14,15)(H,16,17). The van der Waals surface area contributed by atoms with Crippen molar-refractivity contribution in [1.29, 1.82) is 0 Å². The average Bonchev–Trinajstić information content (AvgIpc) is 2.55. The monoisotopic (exact) mass is 297 g/mol. The maximum Gasteiger partial charge on any atom is 0.352 e. The number of rotatable bonds is 3. The van der Waals surface area contributed by atoms with Gasteiger partial charge < -0.3 is 14.8 Å². The van der Waals surface area contributed by atoms with Gasteiger partial charge in [-0.1, -0.05) is 15.9 Å². The summed E-state index contributed by atoms with van der Waals surface area (Å²) in [5.41, 5.74) is 0.563. The zero-order valence-electron chi connectivity index (χ0n) is 8.55. The number of carboxylic acids is 2. The average molecular weight is 298 g/mol. The molecule has 2 aromatic rings. The number of hydrogen-bond donors (Lipinski definition) is 2. The van der Waals surface area contributed by atoms with Crippen molar-refractivity contribution in [2.24, 2.45) is 0 Å². The zero-order chi connectivity index (χ0) is 12.6. The van der Waals surface area contributed by atoms with Crippen LogP contribution in [0.1, 0.15) is 10.5 Å². The molecule has 6 heteroatoms. The van der Waals surface area contributed by atoms with Crippen molar-refractivity contribution in [3.63, 3.8) is 0 Å². The molecule has 0 unspecified atom stereocenters. The number of nitrogens with zero attached hydrogens (tertiary/aromatic N) is 1. The molecule has 0 bridgehead atoms. The molecule has 2 rings (SSSR count). The Hall–Kier alpha value is -1.82. The number of fused-ring (bicyclic) bond motifs is 1. The highest BCUT2D eigenvalue weighted by atomic mass is 79.9. The lowest BCUT2D eigenvalue weighted by Gasteiger charge is -2.04. The number of hydrogen-bond acceptors (Lipinski definition) is 2. The van der Waals surface area contributed by atoms with Crippen LogP contribution in [0.25, 0.3) is 10.9 Å². The second-order valence-electron chi connectivity index (χ2n) is 3.52.